The van der Waals surface area contributed by atoms with Crippen LogP contribution >= 0.6 is 0 Å². The van der Waals surface area contributed by atoms with Crippen molar-refractivity contribution in [2.45, 2.75) is 77.0 Å². The summed E-state index contributed by atoms with van der Waals surface area (Å²) in [5, 5.41) is 25.0. The van der Waals surface area contributed by atoms with Crippen molar-refractivity contribution >= 4 is 28.8 Å². The zero-order chi connectivity index (χ0) is 47.7. The van der Waals surface area contributed by atoms with Gasteiger partial charge in [-0.25, -0.2) is 18.7 Å². The minimum Gasteiger partial charge on any atom is -0.434 e. The molecule has 2 atom stereocenters. The Hall–Kier alpha value is -7.43. The first-order chi connectivity index (χ1) is 33.0. The van der Waals surface area contributed by atoms with Gasteiger partial charge in [-0.05, 0) is 108 Å². The van der Waals surface area contributed by atoms with Crippen molar-refractivity contribution in [2.75, 3.05) is 36.0 Å². The molecule has 352 valence electrons. The van der Waals surface area contributed by atoms with E-state index < -0.39 is 33.3 Å². The Morgan fingerprint density at radius 2 is 0.897 bits per heavy atom. The van der Waals surface area contributed by atoms with Crippen LogP contribution in [-0.4, -0.2) is 61.7 Å². The number of benzene rings is 4. The van der Waals surface area contributed by atoms with E-state index in [4.69, 9.17) is 9.47 Å². The number of ketones is 1. The number of Topliss-reactive ketones (excluding diaryl/α,β-unsaturated/α-hetero) is 1. The van der Waals surface area contributed by atoms with Crippen LogP contribution in [0.3, 0.4) is 0 Å². The maximum Gasteiger partial charge on any atom is 0.373 e. The molecule has 0 bridgehead atoms. The van der Waals surface area contributed by atoms with Gasteiger partial charge in [-0.2, -0.15) is 9.97 Å². The van der Waals surface area contributed by atoms with E-state index in [9.17, 15) is 29.0 Å². The Labute approximate surface area is 392 Å². The number of rotatable bonds is 18. The Bertz CT molecular complexity index is 2510. The molecule has 2 aromatic heterocycles. The zero-order valence-corrected chi connectivity index (χ0v) is 37.9. The smallest absolute Gasteiger partial charge is 0.373 e. The second-order valence-corrected chi connectivity index (χ2v) is 17.4. The van der Waals surface area contributed by atoms with Gasteiger partial charge in [-0.3, -0.25) is 25.0 Å². The van der Waals surface area contributed by atoms with E-state index in [0.29, 0.717) is 60.3 Å². The third-order valence-electron chi connectivity index (χ3n) is 13.0. The van der Waals surface area contributed by atoms with E-state index in [1.54, 1.807) is 48.5 Å². The van der Waals surface area contributed by atoms with E-state index in [2.05, 4.69) is 33.8 Å². The fourth-order valence-corrected chi connectivity index (χ4v) is 9.52. The van der Waals surface area contributed by atoms with Crippen molar-refractivity contribution in [2.24, 2.45) is 11.8 Å². The Morgan fingerprint density at radius 1 is 0.574 bits per heavy atom. The van der Waals surface area contributed by atoms with Crippen molar-refractivity contribution in [3.8, 4) is 23.3 Å². The van der Waals surface area contributed by atoms with Crippen molar-refractivity contribution in [3.05, 3.63) is 164 Å². The number of hydrogen-bond acceptors (Lipinski definition) is 13. The third kappa shape index (κ3) is 10.7. The fourth-order valence-electron chi connectivity index (χ4n) is 9.52. The van der Waals surface area contributed by atoms with Crippen LogP contribution < -0.4 is 19.3 Å². The lowest BCUT2D eigenvalue weighted by Crippen LogP contribution is -2.34. The summed E-state index contributed by atoms with van der Waals surface area (Å²) < 4.78 is 40.9. The molecule has 15 nitrogen and oxygen atoms in total. The standard InChI is InChI=1S/C51H52F2N8O7/c1-3-5-33-23-27-58(28-24-33)48-45(60(63)64)50(56-31-54-48)67-41-19-11-37(12-20-41)43(35-7-15-39(52)16-8-35)47(62)44(36-9-17-40(53)18-10-36)38-13-21-42(22-14-38)68-51-46(61(65)66)49(55-32-57-51)59-29-25-34(6-4-2)26-30-59/h7-22,31-34,43-44H,3-6,23-30H2,1-2H3. The van der Waals surface area contributed by atoms with Crippen LogP contribution in [0.1, 0.15) is 99.3 Å². The number of hydrogen-bond donors (Lipinski definition) is 0. The number of anilines is 2. The summed E-state index contributed by atoms with van der Waals surface area (Å²) in [5.74, 6) is -1.87. The van der Waals surface area contributed by atoms with Crippen LogP contribution in [-0.2, 0) is 4.79 Å². The zero-order valence-electron chi connectivity index (χ0n) is 37.9. The quantitative estimate of drug-likeness (QED) is 0.0587. The number of carbonyl (C=O) groups excluding carboxylic acids is 1. The minimum atomic E-state index is -1.000. The van der Waals surface area contributed by atoms with Crippen LogP contribution in [0.15, 0.2) is 110 Å². The number of halogens is 2. The lowest BCUT2D eigenvalue weighted by atomic mass is 9.77. The van der Waals surface area contributed by atoms with Crippen molar-refractivity contribution in [1.82, 2.24) is 19.9 Å². The molecule has 4 aromatic carbocycles. The lowest BCUT2D eigenvalue weighted by Gasteiger charge is -2.32. The first-order valence-electron chi connectivity index (χ1n) is 23.1. The molecule has 8 rings (SSSR count). The number of carbonyl (C=O) groups is 1. The molecule has 0 radical (unpaired) electrons. The van der Waals surface area contributed by atoms with Crippen LogP contribution in [0.4, 0.5) is 31.8 Å². The molecule has 0 amide bonds. The van der Waals surface area contributed by atoms with E-state index in [1.165, 1.54) is 61.2 Å². The van der Waals surface area contributed by atoms with Gasteiger partial charge in [-0.15, -0.1) is 0 Å². The predicted molar refractivity (Wildman–Crippen MR) is 252 cm³/mol. The lowest BCUT2D eigenvalue weighted by molar-refractivity contribution is -0.385. The highest BCUT2D eigenvalue weighted by atomic mass is 19.1. The average molecular weight is 927 g/mol. The summed E-state index contributed by atoms with van der Waals surface area (Å²) in [6.45, 7) is 6.79. The van der Waals surface area contributed by atoms with Gasteiger partial charge in [0.05, 0.1) is 21.7 Å². The molecule has 17 heteroatoms. The van der Waals surface area contributed by atoms with Gasteiger partial charge in [-0.1, -0.05) is 88.1 Å². The molecule has 4 heterocycles. The summed E-state index contributed by atoms with van der Waals surface area (Å²) >= 11 is 0. The van der Waals surface area contributed by atoms with Crippen LogP contribution in [0, 0.1) is 43.7 Å². The summed E-state index contributed by atoms with van der Waals surface area (Å²) in [7, 11) is 0. The summed E-state index contributed by atoms with van der Waals surface area (Å²) in [6, 6.07) is 24.1. The Morgan fingerprint density at radius 3 is 1.21 bits per heavy atom. The number of aromatic nitrogens is 4. The van der Waals surface area contributed by atoms with E-state index in [0.717, 1.165) is 51.4 Å². The molecule has 0 spiro atoms. The van der Waals surface area contributed by atoms with Gasteiger partial charge in [0.15, 0.2) is 5.78 Å². The van der Waals surface area contributed by atoms with Gasteiger partial charge < -0.3 is 19.3 Å². The third-order valence-corrected chi connectivity index (χ3v) is 13.0. The maximum absolute atomic E-state index is 15.3. The molecular weight excluding hydrogens is 875 g/mol. The molecule has 0 saturated carbocycles. The van der Waals surface area contributed by atoms with Crippen LogP contribution in [0.2, 0.25) is 0 Å². The highest BCUT2D eigenvalue weighted by Crippen LogP contribution is 2.42. The van der Waals surface area contributed by atoms with Crippen LogP contribution in [0.25, 0.3) is 0 Å². The Kier molecular flexibility index (Phi) is 14.9. The molecule has 2 unspecified atom stereocenters. The monoisotopic (exact) mass is 926 g/mol. The van der Waals surface area contributed by atoms with E-state index in [-0.39, 0.29) is 52.1 Å². The Balaban J connectivity index is 1.08. The van der Waals surface area contributed by atoms with Gasteiger partial charge in [0.25, 0.3) is 0 Å². The molecule has 0 aliphatic carbocycles. The molecule has 0 N–H and O–H groups in total. The van der Waals surface area contributed by atoms with Crippen molar-refractivity contribution in [3.63, 3.8) is 0 Å². The largest absolute Gasteiger partial charge is 0.434 e. The maximum atomic E-state index is 15.3. The molecule has 68 heavy (non-hydrogen) atoms. The van der Waals surface area contributed by atoms with Crippen LogP contribution in [0.5, 0.6) is 23.3 Å². The SMILES string of the molecule is CCCC1CCN(c2ncnc(Oc3ccc(C(C(=O)C(c4ccc(F)cc4)c4ccc(Oc5ncnc(N6CCC(CCC)CC6)c5[N+](=O)[O-])cc4)c4ccc(F)cc4)cc3)c2[N+](=O)[O-])CC1. The number of nitrogens with zero attached hydrogens (tertiary/aromatic N) is 8. The second kappa shape index (κ2) is 21.5. The summed E-state index contributed by atoms with van der Waals surface area (Å²) in [6.07, 6.45) is 10.5. The summed E-state index contributed by atoms with van der Waals surface area (Å²) in [5.41, 5.74) is 1.24. The van der Waals surface area contributed by atoms with Crippen molar-refractivity contribution in [1.29, 1.82) is 0 Å². The van der Waals surface area contributed by atoms with Gasteiger partial charge in [0.2, 0.25) is 11.6 Å². The predicted octanol–water partition coefficient (Wildman–Crippen LogP) is 11.5. The van der Waals surface area contributed by atoms with E-state index >= 15 is 4.79 Å². The highest BCUT2D eigenvalue weighted by Gasteiger charge is 2.35. The second-order valence-electron chi connectivity index (χ2n) is 17.4. The average Bonchev–Trinajstić information content (AvgIpc) is 3.34. The topological polar surface area (TPSA) is 180 Å². The number of ether oxygens (including phenoxy) is 2. The molecular formula is C51H52F2N8O7. The summed E-state index contributed by atoms with van der Waals surface area (Å²) in [4.78, 5) is 59.8. The first-order valence-corrected chi connectivity index (χ1v) is 23.1. The fraction of sp³-hybridized carbons (Fsp3) is 0.353. The van der Waals surface area contributed by atoms with E-state index in [1.807, 2.05) is 9.80 Å². The first kappa shape index (κ1) is 47.1. The highest BCUT2D eigenvalue weighted by molar-refractivity contribution is 5.97. The molecule has 2 saturated heterocycles. The van der Waals surface area contributed by atoms with Crippen molar-refractivity contribution < 1.29 is 32.9 Å². The number of piperidine rings is 2. The minimum absolute atomic E-state index is 0.192. The van der Waals surface area contributed by atoms with Gasteiger partial charge in [0, 0.05) is 26.2 Å². The molecule has 2 aliphatic heterocycles. The molecule has 2 aliphatic rings. The number of nitro groups is 2. The van der Waals surface area contributed by atoms with Gasteiger partial charge in [0.1, 0.15) is 35.8 Å². The molecule has 2 fully saturated rings. The normalized spacial score (nSPS) is 15.4. The van der Waals surface area contributed by atoms with Gasteiger partial charge >= 0.3 is 23.1 Å². The molecule has 6 aromatic rings.